The van der Waals surface area contributed by atoms with E-state index >= 15 is 0 Å². The maximum Gasteiger partial charge on any atom is 0.245 e. The molecule has 42 heavy (non-hydrogen) atoms. The minimum atomic E-state index is -0.254. The highest BCUT2D eigenvalue weighted by Gasteiger charge is 2.21. The van der Waals surface area contributed by atoms with Crippen LogP contribution in [0.25, 0.3) is 16.9 Å². The van der Waals surface area contributed by atoms with Gasteiger partial charge in [0.2, 0.25) is 11.8 Å². The van der Waals surface area contributed by atoms with Crippen molar-refractivity contribution in [3.8, 4) is 16.9 Å². The molecule has 3 aromatic rings. The van der Waals surface area contributed by atoms with Gasteiger partial charge in [-0.2, -0.15) is 5.10 Å². The molecular formula is C35H49ClN4O2. The van der Waals surface area contributed by atoms with Crippen molar-refractivity contribution < 1.29 is 9.59 Å². The van der Waals surface area contributed by atoms with E-state index in [9.17, 15) is 9.59 Å². The molecule has 0 spiro atoms. The summed E-state index contributed by atoms with van der Waals surface area (Å²) in [4.78, 5) is 28.2. The molecule has 1 aromatic heterocycles. The van der Waals surface area contributed by atoms with E-state index in [1.165, 1.54) is 57.8 Å². The number of nitrogens with one attached hydrogen (secondary N) is 1. The van der Waals surface area contributed by atoms with Gasteiger partial charge in [0.15, 0.2) is 0 Å². The Morgan fingerprint density at radius 1 is 0.857 bits per heavy atom. The highest BCUT2D eigenvalue weighted by atomic mass is 35.5. The van der Waals surface area contributed by atoms with Crippen LogP contribution in [0.15, 0.2) is 60.7 Å². The zero-order valence-corrected chi connectivity index (χ0v) is 26.5. The third-order valence-electron chi connectivity index (χ3n) is 7.39. The summed E-state index contributed by atoms with van der Waals surface area (Å²) in [6.45, 7) is 6.94. The molecule has 7 heteroatoms. The average molecular weight is 593 g/mol. The lowest BCUT2D eigenvalue weighted by Gasteiger charge is -2.24. The monoisotopic (exact) mass is 592 g/mol. The van der Waals surface area contributed by atoms with Crippen LogP contribution in [-0.4, -0.2) is 39.6 Å². The predicted molar refractivity (Wildman–Crippen MR) is 175 cm³/mol. The van der Waals surface area contributed by atoms with Crippen LogP contribution in [0.2, 0.25) is 5.02 Å². The van der Waals surface area contributed by atoms with Crippen LogP contribution in [0.4, 0.5) is 5.82 Å². The van der Waals surface area contributed by atoms with Crippen molar-refractivity contribution in [1.29, 1.82) is 0 Å². The number of anilines is 1. The average Bonchev–Trinajstić information content (AvgIpc) is 3.39. The van der Waals surface area contributed by atoms with Gasteiger partial charge in [0.1, 0.15) is 5.82 Å². The third kappa shape index (κ3) is 11.3. The molecule has 6 nitrogen and oxygen atoms in total. The van der Waals surface area contributed by atoms with E-state index in [1.807, 2.05) is 54.6 Å². The molecule has 0 radical (unpaired) electrons. The lowest BCUT2D eigenvalue weighted by molar-refractivity contribution is -0.135. The molecule has 0 saturated carbocycles. The summed E-state index contributed by atoms with van der Waals surface area (Å²) < 4.78 is 1.66. The van der Waals surface area contributed by atoms with Gasteiger partial charge in [0.05, 0.1) is 22.9 Å². The van der Waals surface area contributed by atoms with Gasteiger partial charge in [-0.15, -0.1) is 0 Å². The summed E-state index contributed by atoms with van der Waals surface area (Å²) in [5, 5.41) is 8.29. The lowest BCUT2D eigenvalue weighted by Crippen LogP contribution is -2.40. The van der Waals surface area contributed by atoms with Crippen LogP contribution in [0.5, 0.6) is 0 Å². The van der Waals surface area contributed by atoms with Crippen molar-refractivity contribution in [2.45, 2.75) is 97.8 Å². The fourth-order valence-corrected chi connectivity index (χ4v) is 5.39. The Bertz CT molecular complexity index is 1220. The number of halogens is 1. The number of aromatic nitrogens is 2. The first-order valence-corrected chi connectivity index (χ1v) is 16.2. The highest BCUT2D eigenvalue weighted by molar-refractivity contribution is 6.32. The van der Waals surface area contributed by atoms with Crippen molar-refractivity contribution in [1.82, 2.24) is 14.7 Å². The standard InChI is InChI=1S/C35H49ClN4O2/c1-4-5-6-7-8-9-10-11-12-13-17-24-35(42)39(26-28(2)3)27-34(41)37-33-25-31(29-20-15-14-16-21-29)38-40(33)32-23-19-18-22-30(32)36/h14-16,18-23,25,28H,4-13,17,24,26-27H2,1-3H3,(H,37,41). The number of hydrogen-bond acceptors (Lipinski definition) is 3. The third-order valence-corrected chi connectivity index (χ3v) is 7.71. The van der Waals surface area contributed by atoms with Gasteiger partial charge in [0, 0.05) is 24.6 Å². The summed E-state index contributed by atoms with van der Waals surface area (Å²) in [7, 11) is 0. The quantitative estimate of drug-likeness (QED) is 0.141. The summed E-state index contributed by atoms with van der Waals surface area (Å²) in [6, 6.07) is 19.0. The molecule has 0 unspecified atom stereocenters. The first-order chi connectivity index (χ1) is 20.4. The molecule has 1 N–H and O–H groups in total. The molecule has 0 fully saturated rings. The Morgan fingerprint density at radius 2 is 1.45 bits per heavy atom. The molecule has 0 saturated heterocycles. The molecule has 0 aliphatic rings. The molecule has 0 aliphatic heterocycles. The number of amides is 2. The predicted octanol–water partition coefficient (Wildman–Crippen LogP) is 9.32. The van der Waals surface area contributed by atoms with Crippen molar-refractivity contribution in [2.75, 3.05) is 18.4 Å². The smallest absolute Gasteiger partial charge is 0.245 e. The van der Waals surface area contributed by atoms with E-state index in [0.29, 0.717) is 29.5 Å². The summed E-state index contributed by atoms with van der Waals surface area (Å²) >= 11 is 6.50. The minimum absolute atomic E-state index is 0.00339. The van der Waals surface area contributed by atoms with Gasteiger partial charge in [-0.25, -0.2) is 4.68 Å². The van der Waals surface area contributed by atoms with Gasteiger partial charge in [-0.05, 0) is 24.5 Å². The summed E-state index contributed by atoms with van der Waals surface area (Å²) in [5.74, 6) is 0.557. The maximum absolute atomic E-state index is 13.3. The number of nitrogens with zero attached hydrogens (tertiary/aromatic N) is 3. The van der Waals surface area contributed by atoms with Crippen molar-refractivity contribution >= 4 is 29.2 Å². The van der Waals surface area contributed by atoms with Crippen molar-refractivity contribution in [3.63, 3.8) is 0 Å². The van der Waals surface area contributed by atoms with E-state index in [1.54, 1.807) is 15.6 Å². The molecule has 0 aliphatic carbocycles. The van der Waals surface area contributed by atoms with E-state index in [2.05, 4.69) is 26.1 Å². The fraction of sp³-hybridized carbons (Fsp3) is 0.514. The number of carbonyl (C=O) groups excluding carboxylic acids is 2. The van der Waals surface area contributed by atoms with E-state index in [4.69, 9.17) is 16.7 Å². The van der Waals surface area contributed by atoms with Crippen molar-refractivity contribution in [2.24, 2.45) is 5.92 Å². The van der Waals surface area contributed by atoms with E-state index < -0.39 is 0 Å². The van der Waals surface area contributed by atoms with Crippen LogP contribution in [0.1, 0.15) is 97.8 Å². The number of carbonyl (C=O) groups is 2. The van der Waals surface area contributed by atoms with Crippen LogP contribution < -0.4 is 5.32 Å². The zero-order valence-electron chi connectivity index (χ0n) is 25.8. The molecule has 3 rings (SSSR count). The summed E-state index contributed by atoms with van der Waals surface area (Å²) in [5.41, 5.74) is 2.32. The summed E-state index contributed by atoms with van der Waals surface area (Å²) in [6.07, 6.45) is 14.1. The van der Waals surface area contributed by atoms with Crippen LogP contribution in [0, 0.1) is 5.92 Å². The van der Waals surface area contributed by atoms with Gasteiger partial charge in [0.25, 0.3) is 0 Å². The number of hydrogen-bond donors (Lipinski definition) is 1. The Balaban J connectivity index is 1.56. The fourth-order valence-electron chi connectivity index (χ4n) is 5.18. The molecule has 1 heterocycles. The highest BCUT2D eigenvalue weighted by Crippen LogP contribution is 2.28. The van der Waals surface area contributed by atoms with Gasteiger partial charge < -0.3 is 10.2 Å². The Labute approximate surface area is 257 Å². The zero-order chi connectivity index (χ0) is 30.2. The number of benzene rings is 2. The maximum atomic E-state index is 13.3. The number of para-hydroxylation sites is 1. The Kier molecular flexibility index (Phi) is 14.6. The largest absolute Gasteiger partial charge is 0.333 e. The molecule has 2 aromatic carbocycles. The van der Waals surface area contributed by atoms with Gasteiger partial charge in [-0.1, -0.05) is 139 Å². The second kappa shape index (κ2) is 18.4. The Hall–Kier alpha value is -3.12. The van der Waals surface area contributed by atoms with E-state index in [-0.39, 0.29) is 24.3 Å². The molecule has 0 atom stereocenters. The lowest BCUT2D eigenvalue weighted by atomic mass is 10.0. The minimum Gasteiger partial charge on any atom is -0.333 e. The SMILES string of the molecule is CCCCCCCCCCCCCC(=O)N(CC(=O)Nc1cc(-c2ccccc2)nn1-c1ccccc1Cl)CC(C)C. The van der Waals surface area contributed by atoms with Gasteiger partial charge in [-0.3, -0.25) is 9.59 Å². The van der Waals surface area contributed by atoms with E-state index in [0.717, 1.165) is 24.1 Å². The molecule has 228 valence electrons. The first-order valence-electron chi connectivity index (χ1n) is 15.9. The molecule has 2 amide bonds. The topological polar surface area (TPSA) is 67.2 Å². The van der Waals surface area contributed by atoms with Gasteiger partial charge >= 0.3 is 0 Å². The van der Waals surface area contributed by atoms with Crippen LogP contribution >= 0.6 is 11.6 Å². The molecule has 0 bridgehead atoms. The number of unbranched alkanes of at least 4 members (excludes halogenated alkanes) is 10. The Morgan fingerprint density at radius 3 is 2.07 bits per heavy atom. The molecular weight excluding hydrogens is 544 g/mol. The normalized spacial score (nSPS) is 11.2. The van der Waals surface area contributed by atoms with Crippen molar-refractivity contribution in [3.05, 3.63) is 65.7 Å². The second-order valence-corrected chi connectivity index (χ2v) is 12.1. The van der Waals surface area contributed by atoms with Crippen LogP contribution in [-0.2, 0) is 9.59 Å². The van der Waals surface area contributed by atoms with Crippen LogP contribution in [0.3, 0.4) is 0 Å². The number of rotatable bonds is 19. The second-order valence-electron chi connectivity index (χ2n) is 11.6. The first kappa shape index (κ1) is 33.4.